The highest BCUT2D eigenvalue weighted by atomic mass is 16.5. The molecular weight excluding hydrogens is 332 g/mol. The van der Waals surface area contributed by atoms with Crippen LogP contribution in [0, 0.1) is 0 Å². The lowest BCUT2D eigenvalue weighted by Gasteiger charge is -2.27. The van der Waals surface area contributed by atoms with Crippen LogP contribution in [-0.4, -0.2) is 42.0 Å². The van der Waals surface area contributed by atoms with E-state index in [9.17, 15) is 9.59 Å². The first kappa shape index (κ1) is 17.8. The first-order valence-electron chi connectivity index (χ1n) is 8.24. The highest BCUT2D eigenvalue weighted by Gasteiger charge is 2.41. The molecule has 1 aromatic carbocycles. The van der Waals surface area contributed by atoms with Gasteiger partial charge in [-0.25, -0.2) is 9.97 Å². The van der Waals surface area contributed by atoms with Crippen molar-refractivity contribution in [3.05, 3.63) is 66.8 Å². The Morgan fingerprint density at radius 2 is 1.96 bits per heavy atom. The molecule has 1 unspecified atom stereocenters. The molecule has 1 saturated heterocycles. The Morgan fingerprint density at radius 1 is 1.27 bits per heavy atom. The molecule has 1 aliphatic heterocycles. The maximum absolute atomic E-state index is 12.7. The van der Waals surface area contributed by atoms with Crippen LogP contribution in [-0.2, 0) is 15.1 Å². The van der Waals surface area contributed by atoms with Crippen LogP contribution >= 0.6 is 0 Å². The minimum Gasteiger partial charge on any atom is -0.378 e. The van der Waals surface area contributed by atoms with E-state index in [-0.39, 0.29) is 11.8 Å². The van der Waals surface area contributed by atoms with E-state index in [1.165, 1.54) is 11.0 Å². The van der Waals surface area contributed by atoms with Crippen LogP contribution in [0.3, 0.4) is 0 Å². The van der Waals surface area contributed by atoms with Gasteiger partial charge in [0.15, 0.2) is 5.82 Å². The highest BCUT2D eigenvalue weighted by Crippen LogP contribution is 2.28. The molecule has 1 fully saturated rings. The predicted molar refractivity (Wildman–Crippen MR) is 96.7 cm³/mol. The van der Waals surface area contributed by atoms with Crippen LogP contribution in [0.1, 0.15) is 22.6 Å². The lowest BCUT2D eigenvalue weighted by molar-refractivity contribution is -0.113. The molecule has 0 bridgehead atoms. The Bertz CT molecular complexity index is 799. The molecule has 0 radical (unpaired) electrons. The van der Waals surface area contributed by atoms with Crippen molar-refractivity contribution in [2.75, 3.05) is 25.2 Å². The normalized spacial score (nSPS) is 19.0. The van der Waals surface area contributed by atoms with Gasteiger partial charge < -0.3 is 15.0 Å². The fraction of sp³-hybridized carbons (Fsp3) is 0.263. The van der Waals surface area contributed by atoms with E-state index >= 15 is 0 Å². The standard InChI is InChI=1S/C19H20N4O3/c1-3-16(24)23(2)15-7-5-14(6-8-15)17(25)22-19(9-12-26-13-19)18-20-10-4-11-21-18/h3-8,10-11H,1,9,12-13H2,2H3,(H,22,25). The van der Waals surface area contributed by atoms with E-state index < -0.39 is 5.54 Å². The number of carbonyl (C=O) groups excluding carboxylic acids is 2. The van der Waals surface area contributed by atoms with Crippen molar-refractivity contribution < 1.29 is 14.3 Å². The quantitative estimate of drug-likeness (QED) is 0.828. The molecule has 1 N–H and O–H groups in total. The van der Waals surface area contributed by atoms with Crippen molar-refractivity contribution in [2.45, 2.75) is 12.0 Å². The van der Waals surface area contributed by atoms with Crippen LogP contribution in [0.2, 0.25) is 0 Å². The molecule has 134 valence electrons. The van der Waals surface area contributed by atoms with Crippen LogP contribution < -0.4 is 10.2 Å². The summed E-state index contributed by atoms with van der Waals surface area (Å²) in [5.41, 5.74) is 0.430. The summed E-state index contributed by atoms with van der Waals surface area (Å²) >= 11 is 0. The number of anilines is 1. The highest BCUT2D eigenvalue weighted by molar-refractivity contribution is 6.01. The van der Waals surface area contributed by atoms with Gasteiger partial charge in [-0.1, -0.05) is 6.58 Å². The Balaban J connectivity index is 1.78. The molecule has 2 amide bonds. The maximum Gasteiger partial charge on any atom is 0.252 e. The van der Waals surface area contributed by atoms with Gasteiger partial charge in [0.05, 0.1) is 6.61 Å². The number of amides is 2. The monoisotopic (exact) mass is 352 g/mol. The van der Waals surface area contributed by atoms with Crippen molar-refractivity contribution in [1.29, 1.82) is 0 Å². The predicted octanol–water partition coefficient (Wildman–Crippen LogP) is 1.67. The molecular formula is C19H20N4O3. The number of benzene rings is 1. The van der Waals surface area contributed by atoms with Gasteiger partial charge in [0.2, 0.25) is 5.91 Å². The first-order chi connectivity index (χ1) is 12.6. The zero-order chi connectivity index (χ0) is 18.6. The number of ether oxygens (including phenoxy) is 1. The lowest BCUT2D eigenvalue weighted by atomic mass is 9.96. The average Bonchev–Trinajstić information content (AvgIpc) is 3.17. The number of nitrogens with zero attached hydrogens (tertiary/aromatic N) is 3. The van der Waals surface area contributed by atoms with Gasteiger partial charge in [0.25, 0.3) is 5.91 Å². The number of aromatic nitrogens is 2. The minimum absolute atomic E-state index is 0.217. The van der Waals surface area contributed by atoms with E-state index in [0.29, 0.717) is 36.7 Å². The Labute approximate surface area is 151 Å². The number of likely N-dealkylation sites (N-methyl/N-ethyl adjacent to an activating group) is 1. The van der Waals surface area contributed by atoms with Crippen molar-refractivity contribution in [1.82, 2.24) is 15.3 Å². The van der Waals surface area contributed by atoms with Gasteiger partial charge in [-0.2, -0.15) is 0 Å². The first-order valence-corrected chi connectivity index (χ1v) is 8.24. The smallest absolute Gasteiger partial charge is 0.252 e. The Hall–Kier alpha value is -3.06. The summed E-state index contributed by atoms with van der Waals surface area (Å²) in [5.74, 6) is 0.0801. The summed E-state index contributed by atoms with van der Waals surface area (Å²) in [7, 11) is 1.65. The molecule has 7 heteroatoms. The number of rotatable bonds is 5. The second-order valence-electron chi connectivity index (χ2n) is 6.06. The molecule has 0 aliphatic carbocycles. The zero-order valence-corrected chi connectivity index (χ0v) is 14.5. The van der Waals surface area contributed by atoms with Gasteiger partial charge >= 0.3 is 0 Å². The van der Waals surface area contributed by atoms with E-state index in [0.717, 1.165) is 0 Å². The molecule has 7 nitrogen and oxygen atoms in total. The minimum atomic E-state index is -0.730. The average molecular weight is 352 g/mol. The summed E-state index contributed by atoms with van der Waals surface area (Å²) in [6, 6.07) is 8.51. The molecule has 3 rings (SSSR count). The fourth-order valence-corrected chi connectivity index (χ4v) is 2.83. The van der Waals surface area contributed by atoms with Crippen molar-refractivity contribution in [2.24, 2.45) is 0 Å². The number of hydrogen-bond acceptors (Lipinski definition) is 5. The number of nitrogens with one attached hydrogen (secondary N) is 1. The summed E-state index contributed by atoms with van der Waals surface area (Å²) < 4.78 is 5.49. The molecule has 2 aromatic rings. The lowest BCUT2D eigenvalue weighted by Crippen LogP contribution is -2.47. The molecule has 2 heterocycles. The number of carbonyl (C=O) groups is 2. The maximum atomic E-state index is 12.7. The van der Waals surface area contributed by atoms with Gasteiger partial charge in [-0.15, -0.1) is 0 Å². The zero-order valence-electron chi connectivity index (χ0n) is 14.5. The van der Waals surface area contributed by atoms with Gasteiger partial charge in [0, 0.05) is 43.7 Å². The van der Waals surface area contributed by atoms with Crippen molar-refractivity contribution in [3.63, 3.8) is 0 Å². The van der Waals surface area contributed by atoms with Crippen molar-refractivity contribution >= 4 is 17.5 Å². The summed E-state index contributed by atoms with van der Waals surface area (Å²) in [6.45, 7) is 4.33. The topological polar surface area (TPSA) is 84.4 Å². The Kier molecular flexibility index (Phi) is 5.09. The van der Waals surface area contributed by atoms with Crippen molar-refractivity contribution in [3.8, 4) is 0 Å². The summed E-state index contributed by atoms with van der Waals surface area (Å²) in [5, 5.41) is 3.02. The van der Waals surface area contributed by atoms with Gasteiger partial charge in [-0.05, 0) is 36.4 Å². The Morgan fingerprint density at radius 3 is 2.54 bits per heavy atom. The van der Waals surface area contributed by atoms with E-state index in [1.807, 2.05) is 0 Å². The fourth-order valence-electron chi connectivity index (χ4n) is 2.83. The molecule has 1 atom stereocenters. The molecule has 26 heavy (non-hydrogen) atoms. The van der Waals surface area contributed by atoms with Crippen LogP contribution in [0.15, 0.2) is 55.4 Å². The second kappa shape index (κ2) is 7.45. The largest absolute Gasteiger partial charge is 0.378 e. The van der Waals surface area contributed by atoms with Crippen LogP contribution in [0.25, 0.3) is 0 Å². The third kappa shape index (κ3) is 3.48. The molecule has 1 aromatic heterocycles. The third-order valence-electron chi connectivity index (χ3n) is 4.39. The molecule has 0 saturated carbocycles. The number of hydrogen-bond donors (Lipinski definition) is 1. The van der Waals surface area contributed by atoms with Crippen LogP contribution in [0.5, 0.6) is 0 Å². The summed E-state index contributed by atoms with van der Waals surface area (Å²) in [4.78, 5) is 34.4. The van der Waals surface area contributed by atoms with E-state index in [1.54, 1.807) is 49.8 Å². The van der Waals surface area contributed by atoms with Crippen LogP contribution in [0.4, 0.5) is 5.69 Å². The SMILES string of the molecule is C=CC(=O)N(C)c1ccc(C(=O)NC2(c3ncccn3)CCOC2)cc1. The van der Waals surface area contributed by atoms with E-state index in [2.05, 4.69) is 21.9 Å². The van der Waals surface area contributed by atoms with Gasteiger partial charge in [0.1, 0.15) is 5.54 Å². The molecule has 0 spiro atoms. The van der Waals surface area contributed by atoms with E-state index in [4.69, 9.17) is 4.74 Å². The van der Waals surface area contributed by atoms with Gasteiger partial charge in [-0.3, -0.25) is 9.59 Å². The summed E-state index contributed by atoms with van der Waals surface area (Å²) in [6.07, 6.45) is 5.15. The second-order valence-corrected chi connectivity index (χ2v) is 6.06. The third-order valence-corrected chi connectivity index (χ3v) is 4.39. The molecule has 1 aliphatic rings.